The van der Waals surface area contributed by atoms with Crippen molar-refractivity contribution in [2.24, 2.45) is 0 Å². The number of carboxylic acid groups (broad SMARTS) is 1. The second-order valence-corrected chi connectivity index (χ2v) is 11.8. The number of allylic oxidation sites excluding steroid dienone is 1. The van der Waals surface area contributed by atoms with E-state index in [0.29, 0.717) is 29.3 Å². The van der Waals surface area contributed by atoms with Gasteiger partial charge in [-0.2, -0.15) is 0 Å². The molecule has 0 aliphatic carbocycles. The monoisotopic (exact) mass is 638 g/mol. The fourth-order valence-electron chi connectivity index (χ4n) is 4.26. The zero-order chi connectivity index (χ0) is 32.8. The molecule has 0 atom stereocenters. The summed E-state index contributed by atoms with van der Waals surface area (Å²) in [5.74, 6) is 5.59. The highest BCUT2D eigenvalue weighted by atomic mass is 32.2. The number of ether oxygens (including phenoxy) is 2. The summed E-state index contributed by atoms with van der Waals surface area (Å²) < 4.78 is 38.1. The average molecular weight is 639 g/mol. The van der Waals surface area contributed by atoms with Crippen LogP contribution in [0.4, 0.5) is 0 Å². The highest BCUT2D eigenvalue weighted by molar-refractivity contribution is 7.90. The van der Waals surface area contributed by atoms with Crippen LogP contribution in [0.2, 0.25) is 0 Å². The number of benzene rings is 3. The van der Waals surface area contributed by atoms with E-state index in [4.69, 9.17) is 9.47 Å². The Hall–Kier alpha value is -5.40. The van der Waals surface area contributed by atoms with Gasteiger partial charge < -0.3 is 14.6 Å². The molecule has 9 nitrogen and oxygen atoms in total. The maximum atomic E-state index is 12.5. The maximum absolute atomic E-state index is 12.5. The van der Waals surface area contributed by atoms with Crippen LogP contribution < -0.4 is 14.2 Å². The van der Waals surface area contributed by atoms with E-state index in [1.807, 2.05) is 24.3 Å². The first-order valence-corrected chi connectivity index (χ1v) is 16.1. The molecule has 1 heterocycles. The van der Waals surface area contributed by atoms with Crippen LogP contribution in [0.3, 0.4) is 0 Å². The molecule has 46 heavy (non-hydrogen) atoms. The third kappa shape index (κ3) is 10.4. The molecule has 1 aromatic heterocycles. The lowest BCUT2D eigenvalue weighted by atomic mass is 10.1. The number of hydrogen-bond donors (Lipinski definition) is 2. The van der Waals surface area contributed by atoms with Gasteiger partial charge in [0, 0.05) is 17.5 Å². The summed E-state index contributed by atoms with van der Waals surface area (Å²) in [5, 5.41) is 9.20. The van der Waals surface area contributed by atoms with Crippen LogP contribution in [-0.4, -0.2) is 44.1 Å². The van der Waals surface area contributed by atoms with Gasteiger partial charge in [0.15, 0.2) is 0 Å². The number of nitrogens with zero attached hydrogens (tertiary/aromatic N) is 1. The number of aryl methyl sites for hydroxylation is 1. The lowest BCUT2D eigenvalue weighted by Gasteiger charge is -2.10. The second-order valence-electron chi connectivity index (χ2n) is 10.1. The molecule has 2 N–H and O–H groups in total. The van der Waals surface area contributed by atoms with Crippen molar-refractivity contribution in [3.63, 3.8) is 0 Å². The van der Waals surface area contributed by atoms with Gasteiger partial charge in [0.2, 0.25) is 0 Å². The quantitative estimate of drug-likeness (QED) is 0.129. The van der Waals surface area contributed by atoms with Crippen molar-refractivity contribution in [3.8, 4) is 23.3 Å². The molecule has 10 heteroatoms. The van der Waals surface area contributed by atoms with E-state index in [9.17, 15) is 23.1 Å². The molecule has 0 fully saturated rings. The summed E-state index contributed by atoms with van der Waals surface area (Å²) in [4.78, 5) is 28.3. The van der Waals surface area contributed by atoms with Crippen molar-refractivity contribution in [2.75, 3.05) is 13.7 Å². The molecule has 0 aliphatic rings. The molecule has 0 saturated carbocycles. The number of carbonyl (C=O) groups excluding carboxylic acids is 1. The summed E-state index contributed by atoms with van der Waals surface area (Å²) in [7, 11) is -2.35. The lowest BCUT2D eigenvalue weighted by Crippen LogP contribution is -2.30. The van der Waals surface area contributed by atoms with E-state index < -0.39 is 21.9 Å². The van der Waals surface area contributed by atoms with Crippen molar-refractivity contribution in [1.82, 2.24) is 9.71 Å². The Kier molecular flexibility index (Phi) is 12.1. The number of aliphatic carboxylic acids is 1. The van der Waals surface area contributed by atoms with Crippen LogP contribution in [0.1, 0.15) is 58.6 Å². The Morgan fingerprint density at radius 3 is 2.35 bits per heavy atom. The van der Waals surface area contributed by atoms with E-state index in [2.05, 4.69) is 33.7 Å². The molecule has 0 saturated heterocycles. The molecular formula is C36H34N2O7S. The SMILES string of the molecule is COc1ccc(/C=C/CCCCOc2ccc(C#Cc3ccc(C(=O)NS(=O)(=O)c4ccccc4)cc3)nc2CCC(=O)O)cc1. The Balaban J connectivity index is 1.32. The maximum Gasteiger partial charge on any atom is 0.303 e. The number of aromatic nitrogens is 1. The summed E-state index contributed by atoms with van der Waals surface area (Å²) in [5.41, 5.74) is 2.80. The highest BCUT2D eigenvalue weighted by Gasteiger charge is 2.18. The molecule has 0 spiro atoms. The fourth-order valence-corrected chi connectivity index (χ4v) is 5.25. The Bertz CT molecular complexity index is 1830. The predicted octanol–water partition coefficient (Wildman–Crippen LogP) is 5.89. The Morgan fingerprint density at radius 2 is 1.65 bits per heavy atom. The van der Waals surface area contributed by atoms with E-state index in [-0.39, 0.29) is 23.3 Å². The number of sulfonamides is 1. The molecule has 0 radical (unpaired) electrons. The molecule has 1 amide bonds. The molecule has 3 aromatic carbocycles. The molecule has 4 aromatic rings. The van der Waals surface area contributed by atoms with E-state index >= 15 is 0 Å². The second kappa shape index (κ2) is 16.6. The topological polar surface area (TPSA) is 132 Å². The van der Waals surface area contributed by atoms with Gasteiger partial charge in [-0.1, -0.05) is 48.4 Å². The first-order valence-electron chi connectivity index (χ1n) is 14.6. The minimum atomic E-state index is -3.99. The largest absolute Gasteiger partial charge is 0.497 e. The van der Waals surface area contributed by atoms with Crippen LogP contribution >= 0.6 is 0 Å². The number of unbranched alkanes of at least 4 members (excludes halogenated alkanes) is 2. The smallest absolute Gasteiger partial charge is 0.303 e. The van der Waals surface area contributed by atoms with Gasteiger partial charge in [-0.15, -0.1) is 0 Å². The zero-order valence-corrected chi connectivity index (χ0v) is 26.1. The first-order chi connectivity index (χ1) is 22.2. The van der Waals surface area contributed by atoms with Gasteiger partial charge in [0.05, 0.1) is 30.7 Å². The van der Waals surface area contributed by atoms with Crippen molar-refractivity contribution < 1.29 is 32.6 Å². The van der Waals surface area contributed by atoms with Gasteiger partial charge in [0.25, 0.3) is 15.9 Å². The van der Waals surface area contributed by atoms with Gasteiger partial charge in [-0.25, -0.2) is 18.1 Å². The minimum absolute atomic E-state index is 0.00779. The molecule has 0 unspecified atom stereocenters. The summed E-state index contributed by atoms with van der Waals surface area (Å²) in [6, 6.07) is 25.1. The lowest BCUT2D eigenvalue weighted by molar-refractivity contribution is -0.137. The number of amides is 1. The average Bonchev–Trinajstić information content (AvgIpc) is 3.07. The van der Waals surface area contributed by atoms with E-state index in [0.717, 1.165) is 30.6 Å². The molecular weight excluding hydrogens is 604 g/mol. The van der Waals surface area contributed by atoms with Crippen molar-refractivity contribution in [2.45, 2.75) is 37.0 Å². The number of methoxy groups -OCH3 is 1. The number of hydrogen-bond acceptors (Lipinski definition) is 7. The van der Waals surface area contributed by atoms with Crippen LogP contribution in [0.25, 0.3) is 6.08 Å². The van der Waals surface area contributed by atoms with Crippen LogP contribution in [0.5, 0.6) is 11.5 Å². The molecule has 236 valence electrons. The van der Waals surface area contributed by atoms with Crippen LogP contribution in [0.15, 0.2) is 102 Å². The van der Waals surface area contributed by atoms with Gasteiger partial charge in [-0.05, 0) is 91.4 Å². The molecule has 0 bridgehead atoms. The van der Waals surface area contributed by atoms with E-state index in [1.165, 1.54) is 24.3 Å². The number of carboxylic acids is 1. The predicted molar refractivity (Wildman–Crippen MR) is 175 cm³/mol. The minimum Gasteiger partial charge on any atom is -0.497 e. The Morgan fingerprint density at radius 1 is 0.913 bits per heavy atom. The molecule has 0 aliphatic heterocycles. The van der Waals surface area contributed by atoms with Gasteiger partial charge in [-0.3, -0.25) is 9.59 Å². The van der Waals surface area contributed by atoms with Crippen LogP contribution in [-0.2, 0) is 21.2 Å². The van der Waals surface area contributed by atoms with Crippen molar-refractivity contribution in [1.29, 1.82) is 0 Å². The standard InChI is InChI=1S/C36H34N2O7S/c1-44-31-21-15-27(16-22-31)9-5-2-3-8-26-45-34-24-20-30(37-33(34)23-25-35(39)40)19-14-28-12-17-29(18-13-28)36(41)38-46(42,43)32-10-6-4-7-11-32/h4-7,9-13,15-18,20-22,24H,2-3,8,23,25-26H2,1H3,(H,38,41)(H,39,40)/b9-5+. The van der Waals surface area contributed by atoms with Crippen molar-refractivity contribution >= 4 is 28.0 Å². The zero-order valence-electron chi connectivity index (χ0n) is 25.3. The van der Waals surface area contributed by atoms with Gasteiger partial charge in [0.1, 0.15) is 17.2 Å². The summed E-state index contributed by atoms with van der Waals surface area (Å²) >= 11 is 0. The number of carbonyl (C=O) groups is 2. The van der Waals surface area contributed by atoms with Crippen molar-refractivity contribution in [3.05, 3.63) is 125 Å². The molecule has 4 rings (SSSR count). The van der Waals surface area contributed by atoms with E-state index in [1.54, 1.807) is 49.6 Å². The number of pyridine rings is 1. The fraction of sp³-hybridized carbons (Fsp3) is 0.194. The number of rotatable bonds is 14. The summed E-state index contributed by atoms with van der Waals surface area (Å²) in [6.45, 7) is 0.468. The normalized spacial score (nSPS) is 11.0. The highest BCUT2D eigenvalue weighted by Crippen LogP contribution is 2.20. The first kappa shape index (κ1) is 33.5. The van der Waals surface area contributed by atoms with Gasteiger partial charge >= 0.3 is 5.97 Å². The van der Waals surface area contributed by atoms with Crippen LogP contribution in [0, 0.1) is 11.8 Å². The summed E-state index contributed by atoms with van der Waals surface area (Å²) in [6.07, 6.45) is 6.93. The Labute approximate surface area is 269 Å². The number of nitrogens with one attached hydrogen (secondary N) is 1. The third-order valence-electron chi connectivity index (χ3n) is 6.72. The third-order valence-corrected chi connectivity index (χ3v) is 8.07.